The minimum atomic E-state index is -0.748. The fourth-order valence-corrected chi connectivity index (χ4v) is 3.79. The summed E-state index contributed by atoms with van der Waals surface area (Å²) in [7, 11) is 0. The van der Waals surface area contributed by atoms with Gasteiger partial charge in [-0.3, -0.25) is 10.1 Å². The van der Waals surface area contributed by atoms with E-state index in [9.17, 15) is 4.79 Å². The van der Waals surface area contributed by atoms with Gasteiger partial charge in [-0.1, -0.05) is 50.5 Å². The first kappa shape index (κ1) is 21.1. The molecule has 1 aliphatic heterocycles. The van der Waals surface area contributed by atoms with Gasteiger partial charge in [-0.05, 0) is 25.7 Å². The van der Waals surface area contributed by atoms with Crippen LogP contribution in [-0.4, -0.2) is 34.6 Å². The summed E-state index contributed by atoms with van der Waals surface area (Å²) in [5.41, 5.74) is 0. The second kappa shape index (κ2) is 11.5. The van der Waals surface area contributed by atoms with E-state index in [-0.39, 0.29) is 30.7 Å². The van der Waals surface area contributed by atoms with E-state index in [0.717, 1.165) is 44.9 Å². The Morgan fingerprint density at radius 1 is 1.23 bits per heavy atom. The average Bonchev–Trinajstić information content (AvgIpc) is 3.22. The number of allylic oxidation sites excluding steroid dienone is 2. The van der Waals surface area contributed by atoms with E-state index in [1.807, 2.05) is 6.08 Å². The zero-order chi connectivity index (χ0) is 18.8. The highest BCUT2D eigenvalue weighted by molar-refractivity contribution is 5.66. The fourth-order valence-electron chi connectivity index (χ4n) is 3.79. The molecule has 0 amide bonds. The summed E-state index contributed by atoms with van der Waals surface area (Å²) in [5.74, 6) is -0.154. The number of unbranched alkanes of at least 4 members (excludes halogenated alkanes) is 3. The molecule has 6 nitrogen and oxygen atoms in total. The molecule has 1 saturated carbocycles. The minimum absolute atomic E-state index is 0.0663. The number of carboxylic acids is 1. The molecule has 2 N–H and O–H groups in total. The number of aliphatic carboxylic acids is 1. The second-order valence-corrected chi connectivity index (χ2v) is 7.26. The summed E-state index contributed by atoms with van der Waals surface area (Å²) in [4.78, 5) is 25.9. The maximum atomic E-state index is 10.5. The van der Waals surface area contributed by atoms with Crippen LogP contribution in [0.15, 0.2) is 24.3 Å². The number of carbonyl (C=O) groups is 1. The molecular formula is C20H32O6. The molecule has 0 radical (unpaired) electrons. The highest BCUT2D eigenvalue weighted by atomic mass is 17.2. The van der Waals surface area contributed by atoms with Crippen molar-refractivity contribution in [2.75, 3.05) is 0 Å². The van der Waals surface area contributed by atoms with Gasteiger partial charge in [0.15, 0.2) is 0 Å². The van der Waals surface area contributed by atoms with Gasteiger partial charge in [0.05, 0.1) is 6.10 Å². The predicted molar refractivity (Wildman–Crippen MR) is 97.4 cm³/mol. The monoisotopic (exact) mass is 368 g/mol. The summed E-state index contributed by atoms with van der Waals surface area (Å²) >= 11 is 0. The van der Waals surface area contributed by atoms with Crippen molar-refractivity contribution in [1.29, 1.82) is 0 Å². The van der Waals surface area contributed by atoms with E-state index >= 15 is 0 Å². The Balaban J connectivity index is 1.82. The van der Waals surface area contributed by atoms with Crippen molar-refractivity contribution in [1.82, 2.24) is 0 Å². The minimum Gasteiger partial charge on any atom is -0.481 e. The lowest BCUT2D eigenvalue weighted by atomic mass is 9.89. The first-order chi connectivity index (χ1) is 12.7. The van der Waals surface area contributed by atoms with Crippen LogP contribution in [0.5, 0.6) is 0 Å². The van der Waals surface area contributed by atoms with Crippen LogP contribution < -0.4 is 0 Å². The highest BCUT2D eigenvalue weighted by Crippen LogP contribution is 2.44. The fraction of sp³-hybridized carbons (Fsp3) is 0.750. The molecular weight excluding hydrogens is 336 g/mol. The molecule has 2 rings (SSSR count). The van der Waals surface area contributed by atoms with Crippen molar-refractivity contribution in [3.8, 4) is 0 Å². The third kappa shape index (κ3) is 6.50. The normalized spacial score (nSPS) is 29.2. The smallest absolute Gasteiger partial charge is 0.303 e. The van der Waals surface area contributed by atoms with Gasteiger partial charge in [0.1, 0.15) is 12.2 Å². The van der Waals surface area contributed by atoms with Crippen molar-refractivity contribution in [3.05, 3.63) is 24.3 Å². The van der Waals surface area contributed by atoms with Gasteiger partial charge >= 0.3 is 5.97 Å². The molecule has 148 valence electrons. The first-order valence-electron chi connectivity index (χ1n) is 9.83. The van der Waals surface area contributed by atoms with Gasteiger partial charge in [-0.25, -0.2) is 14.7 Å². The molecule has 2 aliphatic rings. The molecule has 0 spiro atoms. The lowest BCUT2D eigenvalue weighted by Gasteiger charge is -2.27. The van der Waals surface area contributed by atoms with E-state index < -0.39 is 5.97 Å². The van der Waals surface area contributed by atoms with Crippen LogP contribution in [0.4, 0.5) is 0 Å². The van der Waals surface area contributed by atoms with Crippen LogP contribution in [-0.2, 0) is 19.5 Å². The second-order valence-electron chi connectivity index (χ2n) is 7.26. The molecule has 1 unspecified atom stereocenters. The zero-order valence-electron chi connectivity index (χ0n) is 15.6. The summed E-state index contributed by atoms with van der Waals surface area (Å²) < 4.78 is 0. The number of fused-ring (bicyclic) bond motifs is 2. The zero-order valence-corrected chi connectivity index (χ0v) is 15.6. The largest absolute Gasteiger partial charge is 0.481 e. The molecule has 5 atom stereocenters. The van der Waals surface area contributed by atoms with Crippen molar-refractivity contribution < 1.29 is 29.8 Å². The molecule has 6 heteroatoms. The Morgan fingerprint density at radius 2 is 2.04 bits per heavy atom. The van der Waals surface area contributed by atoms with Crippen molar-refractivity contribution in [2.45, 2.75) is 83.0 Å². The third-order valence-electron chi connectivity index (χ3n) is 5.28. The molecule has 1 aliphatic carbocycles. The summed E-state index contributed by atoms with van der Waals surface area (Å²) in [6, 6.07) is 0. The van der Waals surface area contributed by atoms with Gasteiger partial charge in [-0.2, -0.15) is 0 Å². The Kier molecular flexibility index (Phi) is 9.32. The summed E-state index contributed by atoms with van der Waals surface area (Å²) in [6.07, 6.45) is 15.7. The molecule has 0 aromatic rings. The maximum absolute atomic E-state index is 10.5. The molecule has 2 bridgehead atoms. The highest BCUT2D eigenvalue weighted by Gasteiger charge is 2.49. The Bertz CT molecular complexity index is 475. The molecule has 0 aromatic heterocycles. The van der Waals surface area contributed by atoms with E-state index in [0.29, 0.717) is 12.3 Å². The number of carboxylic acid groups (broad SMARTS) is 1. The van der Waals surface area contributed by atoms with Gasteiger partial charge in [-0.15, -0.1) is 0 Å². The van der Waals surface area contributed by atoms with E-state index in [4.69, 9.17) is 20.1 Å². The Labute approximate surface area is 155 Å². The first-order valence-corrected chi connectivity index (χ1v) is 9.83. The van der Waals surface area contributed by atoms with Crippen LogP contribution in [0.3, 0.4) is 0 Å². The van der Waals surface area contributed by atoms with Gasteiger partial charge in [0.2, 0.25) is 0 Å². The van der Waals surface area contributed by atoms with Crippen LogP contribution in [0.1, 0.15) is 64.7 Å². The lowest BCUT2D eigenvalue weighted by molar-refractivity contribution is -0.336. The standard InChI is InChI=1S/C20H32O6/c1-2-3-6-9-15(24-23)12-13-17-16(18-14-19(17)26-25-18)10-7-4-5-8-11-20(21)22/h4,7,12-13,15-19,23H,2-3,5-6,8-11,14H2,1H3,(H,21,22)/t15-,16+,17+,18?,19+/m0/s1. The van der Waals surface area contributed by atoms with Gasteiger partial charge < -0.3 is 5.11 Å². The van der Waals surface area contributed by atoms with E-state index in [1.165, 1.54) is 0 Å². The third-order valence-corrected chi connectivity index (χ3v) is 5.28. The lowest BCUT2D eigenvalue weighted by Crippen LogP contribution is -2.29. The van der Waals surface area contributed by atoms with Crippen LogP contribution in [0.25, 0.3) is 0 Å². The Morgan fingerprint density at radius 3 is 2.77 bits per heavy atom. The molecule has 26 heavy (non-hydrogen) atoms. The summed E-state index contributed by atoms with van der Waals surface area (Å²) in [5, 5.41) is 17.8. The summed E-state index contributed by atoms with van der Waals surface area (Å²) in [6.45, 7) is 2.15. The topological polar surface area (TPSA) is 85.2 Å². The van der Waals surface area contributed by atoms with Crippen molar-refractivity contribution in [2.24, 2.45) is 11.8 Å². The SMILES string of the molecule is CCCCC[C@@H](C=C[C@H]1[C@H]2CC(OO2)[C@@H]1CC=CCCCC(=O)O)OO. The van der Waals surface area contributed by atoms with Crippen molar-refractivity contribution >= 4 is 5.97 Å². The maximum Gasteiger partial charge on any atom is 0.303 e. The number of hydrogen-bond acceptors (Lipinski definition) is 5. The molecule has 2 fully saturated rings. The molecule has 1 saturated heterocycles. The van der Waals surface area contributed by atoms with Crippen LogP contribution in [0.2, 0.25) is 0 Å². The Hall–Kier alpha value is -1.21. The molecule has 1 heterocycles. The van der Waals surface area contributed by atoms with Gasteiger partial charge in [0, 0.05) is 24.7 Å². The number of hydrogen-bond donors (Lipinski definition) is 2. The van der Waals surface area contributed by atoms with E-state index in [2.05, 4.69) is 30.0 Å². The predicted octanol–water partition coefficient (Wildman–Crippen LogP) is 4.52. The average molecular weight is 368 g/mol. The van der Waals surface area contributed by atoms with Crippen LogP contribution >= 0.6 is 0 Å². The van der Waals surface area contributed by atoms with Crippen LogP contribution in [0, 0.1) is 11.8 Å². The quantitative estimate of drug-likeness (QED) is 0.215. The molecule has 0 aromatic carbocycles. The van der Waals surface area contributed by atoms with Gasteiger partial charge in [0.25, 0.3) is 0 Å². The number of rotatable bonds is 13. The van der Waals surface area contributed by atoms with Crippen molar-refractivity contribution in [3.63, 3.8) is 0 Å². The van der Waals surface area contributed by atoms with E-state index in [1.54, 1.807) is 0 Å².